The predicted molar refractivity (Wildman–Crippen MR) is 9.94 cm³/mol. The van der Waals surface area contributed by atoms with E-state index < -0.39 is 0 Å². The Hall–Kier alpha value is 2.27. The Kier molecular flexibility index (Phi) is 375. The minimum absolute atomic E-state index is 0. The molecule has 0 rings (SSSR count). The summed E-state index contributed by atoms with van der Waals surface area (Å²) in [7, 11) is 0. The molecule has 0 bridgehead atoms. The van der Waals surface area contributed by atoms with Crippen LogP contribution < -0.4 is 0 Å². The van der Waals surface area contributed by atoms with Gasteiger partial charge in [0.25, 0.3) is 0 Å². The molecule has 0 saturated heterocycles. The molecule has 0 fully saturated rings. The molecule has 0 spiro atoms. The molecule has 0 aliphatic carbocycles. The molecule has 0 atom stereocenters. The fraction of sp³-hybridized carbons (Fsp3) is 0. The molecule has 0 aliphatic heterocycles. The van der Waals surface area contributed by atoms with Gasteiger partial charge < -0.3 is 0 Å². The average molecular weight is 264 g/mol. The first kappa shape index (κ1) is 55.5. The van der Waals surface area contributed by atoms with Crippen LogP contribution in [0.15, 0.2) is 0 Å². The van der Waals surface area contributed by atoms with Crippen LogP contribution in [0.2, 0.25) is 0 Å². The van der Waals surface area contributed by atoms with Crippen LogP contribution in [0.25, 0.3) is 0 Å². The van der Waals surface area contributed by atoms with Crippen molar-refractivity contribution < 1.29 is 67.7 Å². The second-order valence-corrected chi connectivity index (χ2v) is 0. The van der Waals surface area contributed by atoms with Crippen molar-refractivity contribution in [3.05, 3.63) is 0 Å². The Balaban J connectivity index is 0. The van der Waals surface area contributed by atoms with Gasteiger partial charge in [-0.05, 0) is 11.0 Å². The van der Waals surface area contributed by atoms with Gasteiger partial charge >= 0.3 is 0 Å². The van der Waals surface area contributed by atoms with Gasteiger partial charge in [0.2, 0.25) is 0 Å². The number of hydrogen-bond donors (Lipinski definition) is 0. The van der Waals surface area contributed by atoms with E-state index in [1.165, 1.54) is 0 Å². The third-order valence-electron chi connectivity index (χ3n) is 0. The quantitative estimate of drug-likeness (QED) is 0.482. The van der Waals surface area contributed by atoms with Gasteiger partial charge in [-0.3, -0.25) is 0 Å². The van der Waals surface area contributed by atoms with Crippen molar-refractivity contribution in [3.63, 3.8) is 0 Å². The van der Waals surface area contributed by atoms with E-state index >= 15 is 0 Å². The van der Waals surface area contributed by atoms with E-state index in [1.54, 1.807) is 0 Å². The molecule has 0 amide bonds. The zero-order valence-electron chi connectivity index (χ0n) is 2.35. The largest absolute Gasteiger partial charge is 0.0125 e. The third kappa shape index (κ3) is 22.2. The monoisotopic (exact) mass is 263 g/mol. The predicted octanol–water partition coefficient (Wildman–Crippen LogP) is -1.19. The molecule has 5 heteroatoms. The van der Waals surface area contributed by atoms with E-state index in [0.29, 0.717) is 0 Å². The van der Waals surface area contributed by atoms with Crippen LogP contribution in [0.5, 0.6) is 0 Å². The van der Waals surface area contributed by atoms with E-state index in [2.05, 4.69) is 0 Å². The SMILES string of the molecule is [Cu].[Fe].[Mn].[Ni].[SiH3]. The molecule has 0 aromatic rings. The molecule has 0 aliphatic rings. The van der Waals surface area contributed by atoms with Gasteiger partial charge in [-0.15, -0.1) is 0 Å². The van der Waals surface area contributed by atoms with Crippen molar-refractivity contribution in [1.29, 1.82) is 0 Å². The minimum Gasteiger partial charge on any atom is -0.0125 e. The first-order valence-electron chi connectivity index (χ1n) is 0. The zero-order chi connectivity index (χ0) is 0. The maximum Gasteiger partial charge on any atom is 0 e. The first-order valence-corrected chi connectivity index (χ1v) is 0. The van der Waals surface area contributed by atoms with Crippen molar-refractivity contribution >= 4 is 11.0 Å². The molecule has 0 unspecified atom stereocenters. The summed E-state index contributed by atoms with van der Waals surface area (Å²) in [5.41, 5.74) is 0. The number of rotatable bonds is 0. The van der Waals surface area contributed by atoms with E-state index in [0.717, 1.165) is 0 Å². The second kappa shape index (κ2) is 33.8. The number of hydrogen-bond acceptors (Lipinski definition) is 0. The molecule has 5 heavy (non-hydrogen) atoms. The maximum absolute atomic E-state index is 0. The Labute approximate surface area is 78.0 Å². The molecule has 0 heterocycles. The molecule has 3 radical (unpaired) electrons. The Morgan fingerprint density at radius 1 is 1.00 bits per heavy atom. The Morgan fingerprint density at radius 3 is 1.00 bits per heavy atom. The summed E-state index contributed by atoms with van der Waals surface area (Å²) in [6, 6.07) is 0. The summed E-state index contributed by atoms with van der Waals surface area (Å²) < 4.78 is 0. The van der Waals surface area contributed by atoms with Gasteiger partial charge in [0.05, 0.1) is 0 Å². The van der Waals surface area contributed by atoms with E-state index in [4.69, 9.17) is 0 Å². The van der Waals surface area contributed by atoms with E-state index in [1.807, 2.05) is 0 Å². The summed E-state index contributed by atoms with van der Waals surface area (Å²) >= 11 is 0. The topological polar surface area (TPSA) is 0 Å². The molecule has 0 aromatic carbocycles. The molecular formula is H3CuFeMnNiSi. The first-order chi connectivity index (χ1) is 0. The molecule has 0 saturated carbocycles. The van der Waals surface area contributed by atoms with Crippen molar-refractivity contribution in [2.24, 2.45) is 0 Å². The molecule has 0 aromatic heterocycles. The van der Waals surface area contributed by atoms with E-state index in [-0.39, 0.29) is 78.7 Å². The minimum atomic E-state index is 0. The van der Waals surface area contributed by atoms with Crippen molar-refractivity contribution in [2.75, 3.05) is 0 Å². The smallest absolute Gasteiger partial charge is 0 e. The Morgan fingerprint density at radius 2 is 1.00 bits per heavy atom. The van der Waals surface area contributed by atoms with Crippen LogP contribution in [0.4, 0.5) is 0 Å². The third-order valence-corrected chi connectivity index (χ3v) is 0. The van der Waals surface area contributed by atoms with Crippen LogP contribution in [-0.4, -0.2) is 11.0 Å². The normalized spacial score (nSPS) is 0. The standard InChI is InChI=1S/Cu.Fe.Mn.Ni.H3Si/h;;;;1H3. The van der Waals surface area contributed by atoms with Gasteiger partial charge in [0.1, 0.15) is 0 Å². The van der Waals surface area contributed by atoms with Gasteiger partial charge in [0, 0.05) is 67.7 Å². The summed E-state index contributed by atoms with van der Waals surface area (Å²) in [5.74, 6) is 0. The summed E-state index contributed by atoms with van der Waals surface area (Å²) in [4.78, 5) is 0. The van der Waals surface area contributed by atoms with Crippen LogP contribution >= 0.6 is 0 Å². The van der Waals surface area contributed by atoms with Crippen molar-refractivity contribution in [3.8, 4) is 0 Å². The van der Waals surface area contributed by atoms with Crippen LogP contribution in [0.3, 0.4) is 0 Å². The van der Waals surface area contributed by atoms with Gasteiger partial charge in [-0.1, -0.05) is 0 Å². The summed E-state index contributed by atoms with van der Waals surface area (Å²) in [5, 5.41) is 0. The maximum atomic E-state index is 0. The van der Waals surface area contributed by atoms with Crippen molar-refractivity contribution in [2.45, 2.75) is 0 Å². The van der Waals surface area contributed by atoms with Gasteiger partial charge in [0.15, 0.2) is 0 Å². The summed E-state index contributed by atoms with van der Waals surface area (Å²) in [6.45, 7) is 0. The molecule has 0 N–H and O–H groups in total. The van der Waals surface area contributed by atoms with Crippen LogP contribution in [0.1, 0.15) is 0 Å². The van der Waals surface area contributed by atoms with Crippen LogP contribution in [-0.2, 0) is 67.7 Å². The van der Waals surface area contributed by atoms with Gasteiger partial charge in [-0.2, -0.15) is 0 Å². The van der Waals surface area contributed by atoms with E-state index in [9.17, 15) is 0 Å². The molecular weight excluding hydrogens is 261 g/mol. The summed E-state index contributed by atoms with van der Waals surface area (Å²) in [6.07, 6.45) is 0. The zero-order valence-corrected chi connectivity index (χ0v) is 8.56. The fourth-order valence-corrected chi connectivity index (χ4v) is 0. The van der Waals surface area contributed by atoms with Crippen LogP contribution in [0, 0.1) is 0 Å². The average Bonchev–Trinajstić information content (AvgIpc) is 0. The fourth-order valence-electron chi connectivity index (χ4n) is 0. The second-order valence-electron chi connectivity index (χ2n) is 0. The molecule has 0 nitrogen and oxygen atoms in total. The molecule has 43 valence electrons. The van der Waals surface area contributed by atoms with Gasteiger partial charge in [-0.25, -0.2) is 0 Å². The Bertz CT molecular complexity index is 11.6. The van der Waals surface area contributed by atoms with Crippen molar-refractivity contribution in [1.82, 2.24) is 0 Å².